The Bertz CT molecular complexity index is 914. The zero-order valence-electron chi connectivity index (χ0n) is 16.5. The molecule has 0 fully saturated rings. The second-order valence-corrected chi connectivity index (χ2v) is 6.80. The lowest BCUT2D eigenvalue weighted by Gasteiger charge is -2.06. The topological polar surface area (TPSA) is 78.5 Å². The van der Waals surface area contributed by atoms with Gasteiger partial charge in [-0.1, -0.05) is 11.6 Å². The summed E-state index contributed by atoms with van der Waals surface area (Å²) in [6.07, 6.45) is 2.51. The number of furan rings is 1. The number of nitrogens with one attached hydrogen (secondary N) is 1. The van der Waals surface area contributed by atoms with E-state index in [1.807, 2.05) is 38.1 Å². The van der Waals surface area contributed by atoms with Crippen molar-refractivity contribution in [1.82, 2.24) is 15.1 Å². The van der Waals surface area contributed by atoms with Gasteiger partial charge in [-0.15, -0.1) is 0 Å². The number of nitrogens with zero attached hydrogens (tertiary/aromatic N) is 2. The van der Waals surface area contributed by atoms with Crippen LogP contribution in [0.3, 0.4) is 0 Å². The number of aromatic nitrogens is 2. The van der Waals surface area contributed by atoms with Gasteiger partial charge in [0, 0.05) is 19.3 Å². The SMILES string of the molecule is CCOc1ccc(OCc2ccc(C(=O)NCCCn3cc(Cl)c(C)n3)o2)cc1. The summed E-state index contributed by atoms with van der Waals surface area (Å²) in [5.74, 6) is 2.07. The van der Waals surface area contributed by atoms with Gasteiger partial charge in [0.15, 0.2) is 5.76 Å². The number of ether oxygens (including phenoxy) is 2. The van der Waals surface area contributed by atoms with Crippen LogP contribution in [0.5, 0.6) is 11.5 Å². The summed E-state index contributed by atoms with van der Waals surface area (Å²) >= 11 is 5.98. The molecular weight excluding hydrogens is 394 g/mol. The molecule has 0 aliphatic heterocycles. The number of hydrogen-bond acceptors (Lipinski definition) is 5. The van der Waals surface area contributed by atoms with Crippen LogP contribution in [0, 0.1) is 6.92 Å². The number of aryl methyl sites for hydroxylation is 2. The average molecular weight is 418 g/mol. The van der Waals surface area contributed by atoms with Crippen molar-refractivity contribution >= 4 is 17.5 Å². The molecule has 0 unspecified atom stereocenters. The van der Waals surface area contributed by atoms with Gasteiger partial charge < -0.3 is 19.2 Å². The molecule has 0 aliphatic carbocycles. The summed E-state index contributed by atoms with van der Waals surface area (Å²) in [5, 5.41) is 7.76. The molecule has 154 valence electrons. The Morgan fingerprint density at radius 1 is 1.17 bits per heavy atom. The van der Waals surface area contributed by atoms with Gasteiger partial charge in [0.2, 0.25) is 0 Å². The van der Waals surface area contributed by atoms with Crippen molar-refractivity contribution in [3.63, 3.8) is 0 Å². The molecule has 3 aromatic rings. The number of carbonyl (C=O) groups is 1. The number of benzene rings is 1. The molecule has 0 saturated heterocycles. The van der Waals surface area contributed by atoms with E-state index in [2.05, 4.69) is 10.4 Å². The fraction of sp³-hybridized carbons (Fsp3) is 0.333. The van der Waals surface area contributed by atoms with Gasteiger partial charge in [-0.25, -0.2) is 0 Å². The first kappa shape index (κ1) is 20.8. The minimum atomic E-state index is -0.257. The number of carbonyl (C=O) groups excluding carboxylic acids is 1. The van der Waals surface area contributed by atoms with Gasteiger partial charge in [0.1, 0.15) is 23.9 Å². The molecule has 2 aromatic heterocycles. The van der Waals surface area contributed by atoms with Gasteiger partial charge in [0.05, 0.1) is 17.3 Å². The van der Waals surface area contributed by atoms with Crippen molar-refractivity contribution in [3.05, 3.63) is 64.8 Å². The van der Waals surface area contributed by atoms with Gasteiger partial charge >= 0.3 is 0 Å². The van der Waals surface area contributed by atoms with E-state index >= 15 is 0 Å². The first-order valence-electron chi connectivity index (χ1n) is 9.47. The van der Waals surface area contributed by atoms with Crippen LogP contribution in [0.2, 0.25) is 5.02 Å². The molecule has 3 rings (SSSR count). The van der Waals surface area contributed by atoms with E-state index in [1.54, 1.807) is 23.0 Å². The van der Waals surface area contributed by atoms with Crippen molar-refractivity contribution in [1.29, 1.82) is 0 Å². The normalized spacial score (nSPS) is 10.7. The average Bonchev–Trinajstić information content (AvgIpc) is 3.31. The highest BCUT2D eigenvalue weighted by Gasteiger charge is 2.11. The minimum Gasteiger partial charge on any atom is -0.494 e. The summed E-state index contributed by atoms with van der Waals surface area (Å²) in [4.78, 5) is 12.2. The lowest BCUT2D eigenvalue weighted by atomic mass is 10.3. The molecule has 0 bridgehead atoms. The van der Waals surface area contributed by atoms with Crippen LogP contribution < -0.4 is 14.8 Å². The third-order valence-electron chi connectivity index (χ3n) is 4.14. The van der Waals surface area contributed by atoms with Crippen LogP contribution in [-0.2, 0) is 13.2 Å². The highest BCUT2D eigenvalue weighted by molar-refractivity contribution is 6.31. The lowest BCUT2D eigenvalue weighted by Crippen LogP contribution is -2.24. The highest BCUT2D eigenvalue weighted by atomic mass is 35.5. The van der Waals surface area contributed by atoms with Gasteiger partial charge in [-0.2, -0.15) is 5.10 Å². The Morgan fingerprint density at radius 2 is 1.90 bits per heavy atom. The quantitative estimate of drug-likeness (QED) is 0.499. The fourth-order valence-corrected chi connectivity index (χ4v) is 2.82. The lowest BCUT2D eigenvalue weighted by molar-refractivity contribution is 0.0920. The maximum atomic E-state index is 12.2. The zero-order chi connectivity index (χ0) is 20.6. The zero-order valence-corrected chi connectivity index (χ0v) is 17.2. The van der Waals surface area contributed by atoms with E-state index in [0.29, 0.717) is 36.2 Å². The predicted octanol–water partition coefficient (Wildman–Crippen LogP) is 4.24. The highest BCUT2D eigenvalue weighted by Crippen LogP contribution is 2.19. The summed E-state index contributed by atoms with van der Waals surface area (Å²) in [5.41, 5.74) is 0.797. The standard InChI is InChI=1S/C21H24ClN3O4/c1-3-27-16-5-7-17(8-6-16)28-14-18-9-10-20(29-18)21(26)23-11-4-12-25-13-19(22)15(2)24-25/h5-10,13H,3-4,11-12,14H2,1-2H3,(H,23,26). The maximum absolute atomic E-state index is 12.2. The molecule has 0 atom stereocenters. The Hall–Kier alpha value is -2.93. The molecule has 1 N–H and O–H groups in total. The molecule has 1 amide bonds. The first-order valence-corrected chi connectivity index (χ1v) is 9.85. The van der Waals surface area contributed by atoms with Gasteiger partial charge in [-0.05, 0) is 56.7 Å². The van der Waals surface area contributed by atoms with Crippen LogP contribution in [0.1, 0.15) is 35.4 Å². The summed E-state index contributed by atoms with van der Waals surface area (Å²) in [7, 11) is 0. The molecule has 8 heteroatoms. The predicted molar refractivity (Wildman–Crippen MR) is 110 cm³/mol. The smallest absolute Gasteiger partial charge is 0.286 e. The van der Waals surface area contributed by atoms with Crippen molar-refractivity contribution in [2.45, 2.75) is 33.4 Å². The number of amides is 1. The number of hydrogen-bond donors (Lipinski definition) is 1. The number of halogens is 1. The summed E-state index contributed by atoms with van der Waals surface area (Å²) < 4.78 is 18.4. The van der Waals surface area contributed by atoms with Crippen LogP contribution in [-0.4, -0.2) is 28.8 Å². The van der Waals surface area contributed by atoms with Crippen molar-refractivity contribution < 1.29 is 18.7 Å². The van der Waals surface area contributed by atoms with E-state index in [4.69, 9.17) is 25.5 Å². The third-order valence-corrected chi connectivity index (χ3v) is 4.51. The second kappa shape index (κ2) is 10.0. The molecular formula is C21H24ClN3O4. The fourth-order valence-electron chi connectivity index (χ4n) is 2.67. The summed E-state index contributed by atoms with van der Waals surface area (Å²) in [6, 6.07) is 10.7. The minimum absolute atomic E-state index is 0.237. The van der Waals surface area contributed by atoms with Crippen molar-refractivity contribution in [2.24, 2.45) is 0 Å². The molecule has 7 nitrogen and oxygen atoms in total. The van der Waals surface area contributed by atoms with Crippen molar-refractivity contribution in [2.75, 3.05) is 13.2 Å². The Labute approximate surface area is 174 Å². The van der Waals surface area contributed by atoms with Crippen LogP contribution >= 0.6 is 11.6 Å². The largest absolute Gasteiger partial charge is 0.494 e. The van der Waals surface area contributed by atoms with Crippen LogP contribution in [0.25, 0.3) is 0 Å². The molecule has 0 aliphatic rings. The van der Waals surface area contributed by atoms with Crippen LogP contribution in [0.15, 0.2) is 47.0 Å². The molecule has 0 radical (unpaired) electrons. The van der Waals surface area contributed by atoms with Crippen molar-refractivity contribution in [3.8, 4) is 11.5 Å². The van der Waals surface area contributed by atoms with Crippen LogP contribution in [0.4, 0.5) is 0 Å². The Kier molecular flexibility index (Phi) is 7.19. The van der Waals surface area contributed by atoms with E-state index in [0.717, 1.165) is 17.9 Å². The van der Waals surface area contributed by atoms with E-state index in [-0.39, 0.29) is 18.3 Å². The molecule has 29 heavy (non-hydrogen) atoms. The maximum Gasteiger partial charge on any atom is 0.286 e. The Balaban J connectivity index is 1.40. The molecule has 1 aromatic carbocycles. The van der Waals surface area contributed by atoms with E-state index in [9.17, 15) is 4.79 Å². The van der Waals surface area contributed by atoms with Gasteiger partial charge in [0.25, 0.3) is 5.91 Å². The molecule has 0 saturated carbocycles. The van der Waals surface area contributed by atoms with Gasteiger partial charge in [-0.3, -0.25) is 9.48 Å². The number of rotatable bonds is 10. The summed E-state index contributed by atoms with van der Waals surface area (Å²) in [6.45, 7) is 5.83. The first-order chi connectivity index (χ1) is 14.0. The Morgan fingerprint density at radius 3 is 2.55 bits per heavy atom. The third kappa shape index (κ3) is 6.02. The molecule has 2 heterocycles. The monoisotopic (exact) mass is 417 g/mol. The van der Waals surface area contributed by atoms with E-state index in [1.165, 1.54) is 0 Å². The van der Waals surface area contributed by atoms with E-state index < -0.39 is 0 Å². The molecule has 0 spiro atoms. The second-order valence-electron chi connectivity index (χ2n) is 6.39.